The van der Waals surface area contributed by atoms with Crippen LogP contribution in [0, 0.1) is 0 Å². The summed E-state index contributed by atoms with van der Waals surface area (Å²) in [7, 11) is 5.93. The molecule has 15 nitrogen and oxygen atoms in total. The van der Waals surface area contributed by atoms with E-state index in [0.717, 1.165) is 32.7 Å². The highest BCUT2D eigenvalue weighted by Crippen LogP contribution is 2.38. The molecule has 5 heterocycles. The van der Waals surface area contributed by atoms with E-state index in [1.165, 1.54) is 9.13 Å². The molecule has 306 valence electrons. The van der Waals surface area contributed by atoms with Gasteiger partial charge in [-0.2, -0.15) is 0 Å². The van der Waals surface area contributed by atoms with E-state index < -0.39 is 12.1 Å². The van der Waals surface area contributed by atoms with E-state index in [0.29, 0.717) is 63.9 Å². The molecule has 0 spiro atoms. The molecule has 2 amide bonds. The number of benzene rings is 4. The van der Waals surface area contributed by atoms with Crippen LogP contribution in [0.1, 0.15) is 31.8 Å². The molecule has 6 aromatic rings. The fourth-order valence-corrected chi connectivity index (χ4v) is 7.73. The van der Waals surface area contributed by atoms with E-state index in [-0.39, 0.29) is 45.9 Å². The number of ketones is 2. The van der Waals surface area contributed by atoms with Gasteiger partial charge < -0.3 is 30.6 Å². The van der Waals surface area contributed by atoms with Gasteiger partial charge in [0.05, 0.1) is 33.5 Å². The Morgan fingerprint density at radius 3 is 1.53 bits per heavy atom. The summed E-state index contributed by atoms with van der Waals surface area (Å²) in [5.41, 5.74) is 4.04. The number of carbonyl (C=O) groups is 4. The first kappa shape index (κ1) is 39.9. The molecule has 9 rings (SSSR count). The Kier molecular flexibility index (Phi) is 11.1. The van der Waals surface area contributed by atoms with Crippen molar-refractivity contribution in [2.45, 2.75) is 0 Å². The third-order valence-corrected chi connectivity index (χ3v) is 10.9. The van der Waals surface area contributed by atoms with Crippen molar-refractivity contribution >= 4 is 68.2 Å². The summed E-state index contributed by atoms with van der Waals surface area (Å²) < 4.78 is 2.42. The van der Waals surface area contributed by atoms with Gasteiger partial charge in [0.15, 0.2) is 0 Å². The molecule has 3 aliphatic heterocycles. The first-order valence-electron chi connectivity index (χ1n) is 19.8. The Balaban J connectivity index is 0.000000168. The molecule has 15 heteroatoms. The minimum absolute atomic E-state index is 0.148. The number of amides is 2. The van der Waals surface area contributed by atoms with E-state index in [4.69, 9.17) is 0 Å². The third-order valence-electron chi connectivity index (χ3n) is 10.9. The lowest BCUT2D eigenvalue weighted by atomic mass is 10.0. The highest BCUT2D eigenvalue weighted by molar-refractivity contribution is 6.57. The number of aromatic nitrogens is 2. The summed E-state index contributed by atoms with van der Waals surface area (Å²) in [6, 6.07) is 27.5. The van der Waals surface area contributed by atoms with Crippen molar-refractivity contribution in [3.63, 3.8) is 0 Å². The highest BCUT2D eigenvalue weighted by Gasteiger charge is 2.34. The van der Waals surface area contributed by atoms with Crippen molar-refractivity contribution < 1.29 is 29.4 Å². The Bertz CT molecular complexity index is 2740. The van der Waals surface area contributed by atoms with Crippen LogP contribution in [0.3, 0.4) is 0 Å². The number of Topliss-reactive ketones (excluding diaryl/α,β-unsaturated/α-hetero) is 2. The van der Waals surface area contributed by atoms with Gasteiger partial charge in [0.1, 0.15) is 11.4 Å². The zero-order valence-electron chi connectivity index (χ0n) is 33.6. The van der Waals surface area contributed by atoms with E-state index in [1.807, 2.05) is 31.1 Å². The number of carbonyl (C=O) groups excluding carboxylic acids is 4. The lowest BCUT2D eigenvalue weighted by molar-refractivity contribution is 0.106. The lowest BCUT2D eigenvalue weighted by Crippen LogP contribution is -2.47. The minimum atomic E-state index is -0.453. The van der Waals surface area contributed by atoms with Crippen molar-refractivity contribution in [1.29, 1.82) is 0 Å². The molecule has 1 saturated heterocycles. The summed E-state index contributed by atoms with van der Waals surface area (Å²) in [5.74, 6) is -1.08. The predicted octanol–water partition coefficient (Wildman–Crippen LogP) is 5.25. The van der Waals surface area contributed by atoms with Crippen LogP contribution in [0.25, 0.3) is 21.8 Å². The quantitative estimate of drug-likeness (QED) is 0.160. The predicted molar refractivity (Wildman–Crippen MR) is 231 cm³/mol. The van der Waals surface area contributed by atoms with Gasteiger partial charge >= 0.3 is 12.1 Å². The first-order valence-corrected chi connectivity index (χ1v) is 19.8. The van der Waals surface area contributed by atoms with Crippen molar-refractivity contribution in [1.82, 2.24) is 34.5 Å². The van der Waals surface area contributed by atoms with Crippen LogP contribution >= 0.6 is 0 Å². The number of nitrogens with zero attached hydrogens (tertiary/aromatic N) is 7. The molecule has 1 fully saturated rings. The average Bonchev–Trinajstić information content (AvgIpc) is 3.94. The van der Waals surface area contributed by atoms with Gasteiger partial charge in [-0.05, 0) is 57.5 Å². The van der Waals surface area contributed by atoms with Gasteiger partial charge in [-0.1, -0.05) is 60.7 Å². The number of aromatic hydroxyl groups is 2. The van der Waals surface area contributed by atoms with Gasteiger partial charge in [-0.3, -0.25) is 14.5 Å². The van der Waals surface area contributed by atoms with Crippen LogP contribution in [0.2, 0.25) is 0 Å². The van der Waals surface area contributed by atoms with Crippen LogP contribution in [0.4, 0.5) is 21.0 Å². The van der Waals surface area contributed by atoms with Crippen LogP contribution in [0.15, 0.2) is 107 Å². The van der Waals surface area contributed by atoms with E-state index in [2.05, 4.69) is 37.5 Å². The number of fused-ring (bicyclic) bond motifs is 4. The van der Waals surface area contributed by atoms with Gasteiger partial charge in [-0.25, -0.2) is 28.7 Å². The summed E-state index contributed by atoms with van der Waals surface area (Å²) in [4.78, 5) is 67.1. The summed E-state index contributed by atoms with van der Waals surface area (Å²) >= 11 is 0. The molecule has 4 aromatic carbocycles. The number of nitrogens with one attached hydrogen (secondary N) is 2. The zero-order chi connectivity index (χ0) is 42.1. The molecule has 0 atom stereocenters. The van der Waals surface area contributed by atoms with Crippen LogP contribution in [0.5, 0.6) is 11.8 Å². The van der Waals surface area contributed by atoms with Gasteiger partial charge in [0.2, 0.25) is 23.3 Å². The molecule has 0 bridgehead atoms. The second-order valence-corrected chi connectivity index (χ2v) is 15.1. The molecular weight excluding hydrogens is 763 g/mol. The standard InChI is InChI=1S/C24H25N5O3.C21H20N4O3/c1-27-12-14-28(15-13-27)11-10-25-24(32)29-19-9-5-3-7-17(19)20(23(29)31)21-22(30)16-6-2-4-8-18(16)26-21;1-24(2)12-11-22-21(28)25-16-10-6-4-8-14(16)17(20(25)27)18-19(26)13-7-3-5-9-15(13)23-18/h2-9,31H,10-15H2,1H3,(H,25,32);3-10,27H,11-12H2,1-2H3,(H,22,28). The molecule has 2 aromatic heterocycles. The second kappa shape index (κ2) is 16.7. The number of likely N-dealkylation sites (N-methyl/N-ethyl adjacent to an activating group) is 2. The normalized spacial score (nSPS) is 15.1. The number of piperazine rings is 1. The van der Waals surface area contributed by atoms with Crippen LogP contribution in [-0.2, 0) is 0 Å². The smallest absolute Gasteiger partial charge is 0.328 e. The van der Waals surface area contributed by atoms with Crippen molar-refractivity contribution in [3.8, 4) is 11.8 Å². The van der Waals surface area contributed by atoms with E-state index in [1.54, 1.807) is 84.9 Å². The molecular formula is C45H45N9O6. The van der Waals surface area contributed by atoms with Gasteiger partial charge in [0, 0.05) is 74.3 Å². The molecule has 0 radical (unpaired) electrons. The maximum Gasteiger partial charge on any atom is 0.328 e. The molecule has 0 aliphatic carbocycles. The van der Waals surface area contributed by atoms with E-state index >= 15 is 0 Å². The molecule has 3 aliphatic rings. The fourth-order valence-electron chi connectivity index (χ4n) is 7.73. The fraction of sp³-hybridized carbons (Fsp3) is 0.244. The molecule has 0 saturated carbocycles. The maximum absolute atomic E-state index is 13.0. The van der Waals surface area contributed by atoms with Crippen LogP contribution < -0.4 is 10.6 Å². The highest BCUT2D eigenvalue weighted by atomic mass is 16.3. The number of hydrogen-bond acceptors (Lipinski definition) is 11. The molecule has 60 heavy (non-hydrogen) atoms. The number of rotatable bonds is 8. The minimum Gasteiger partial charge on any atom is -0.494 e. The van der Waals surface area contributed by atoms with Gasteiger partial charge in [0.25, 0.3) is 0 Å². The van der Waals surface area contributed by atoms with Crippen LogP contribution in [-0.4, -0.2) is 143 Å². The number of hydrogen-bond donors (Lipinski definition) is 4. The van der Waals surface area contributed by atoms with Gasteiger partial charge in [-0.15, -0.1) is 0 Å². The third kappa shape index (κ3) is 7.45. The monoisotopic (exact) mass is 807 g/mol. The Hall–Kier alpha value is -6.94. The molecule has 0 unspecified atom stereocenters. The first-order chi connectivity index (χ1) is 29.0. The Morgan fingerprint density at radius 2 is 1.07 bits per heavy atom. The largest absolute Gasteiger partial charge is 0.494 e. The summed E-state index contributed by atoms with van der Waals surface area (Å²) in [6.07, 6.45) is 0. The van der Waals surface area contributed by atoms with Crippen molar-refractivity contribution in [2.75, 3.05) is 73.5 Å². The zero-order valence-corrected chi connectivity index (χ0v) is 33.6. The number of aliphatic imine (C=N–C) groups is 2. The van der Waals surface area contributed by atoms with E-state index in [9.17, 15) is 29.4 Å². The maximum atomic E-state index is 13.0. The van der Waals surface area contributed by atoms with Crippen molar-refractivity contribution in [2.24, 2.45) is 9.98 Å². The Morgan fingerprint density at radius 1 is 0.633 bits per heavy atom. The summed E-state index contributed by atoms with van der Waals surface area (Å²) in [6.45, 7) is 6.27. The Labute approximate surface area is 345 Å². The average molecular weight is 808 g/mol. The topological polar surface area (TPSA) is 177 Å². The molecule has 4 N–H and O–H groups in total. The van der Waals surface area contributed by atoms with Crippen molar-refractivity contribution in [3.05, 3.63) is 119 Å². The summed E-state index contributed by atoms with van der Waals surface area (Å²) in [5, 5.41) is 28.9. The second-order valence-electron chi connectivity index (χ2n) is 15.1. The lowest BCUT2D eigenvalue weighted by Gasteiger charge is -2.32. The number of para-hydroxylation sites is 4. The SMILES string of the molecule is CN(C)CCNC(=O)n1c(O)c(C2=Nc3ccccc3C2=O)c2ccccc21.CN1CCN(CCNC(=O)n2c(O)c(C3=Nc4ccccc4C3=O)c3ccccc32)CC1.